The first-order valence-corrected chi connectivity index (χ1v) is 8.51. The highest BCUT2D eigenvalue weighted by atomic mass is 16.2. The van der Waals surface area contributed by atoms with Crippen LogP contribution in [0.4, 0.5) is 5.69 Å². The van der Waals surface area contributed by atoms with E-state index in [0.29, 0.717) is 0 Å². The van der Waals surface area contributed by atoms with Crippen LogP contribution in [0, 0.1) is 0 Å². The fourth-order valence-electron chi connectivity index (χ4n) is 2.62. The summed E-state index contributed by atoms with van der Waals surface area (Å²) in [5.41, 5.74) is 6.19. The summed E-state index contributed by atoms with van der Waals surface area (Å²) in [6, 6.07) is 18.9. The van der Waals surface area contributed by atoms with Gasteiger partial charge in [0.1, 0.15) is 0 Å². The lowest BCUT2D eigenvalue weighted by Crippen LogP contribution is -2.04. The molecule has 126 valence electrons. The summed E-state index contributed by atoms with van der Waals surface area (Å²) in [6.07, 6.45) is 6.15. The van der Waals surface area contributed by atoms with Crippen LogP contribution in [0.3, 0.4) is 0 Å². The topological polar surface area (TPSA) is 32.3 Å². The quantitative estimate of drug-likeness (QED) is 0.635. The maximum atomic E-state index is 8.87. The molecule has 0 unspecified atom stereocenters. The molecule has 0 heterocycles. The molecule has 2 aromatic carbocycles. The molecule has 0 atom stereocenters. The molecule has 0 spiro atoms. The van der Waals surface area contributed by atoms with E-state index in [1.165, 1.54) is 22.3 Å². The zero-order chi connectivity index (χ0) is 17.2. The smallest absolute Gasteiger partial charge is 0.0614 e. The number of allylic oxidation sites excluding steroid dienone is 2. The fraction of sp³-hybridized carbons (Fsp3) is 0.273. The van der Waals surface area contributed by atoms with Crippen molar-refractivity contribution in [3.8, 4) is 11.1 Å². The average molecular weight is 321 g/mol. The Morgan fingerprint density at radius 2 is 1.62 bits per heavy atom. The van der Waals surface area contributed by atoms with E-state index >= 15 is 0 Å². The van der Waals surface area contributed by atoms with Gasteiger partial charge in [0.05, 0.1) is 6.61 Å². The molecule has 2 nitrogen and oxygen atoms in total. The first kappa shape index (κ1) is 18.0. The molecule has 2 aromatic rings. The first-order valence-electron chi connectivity index (χ1n) is 8.51. The summed E-state index contributed by atoms with van der Waals surface area (Å²) in [5, 5.41) is 12.4. The van der Waals surface area contributed by atoms with Crippen LogP contribution in [0.1, 0.15) is 26.7 Å². The van der Waals surface area contributed by atoms with Crippen molar-refractivity contribution in [1.82, 2.24) is 0 Å². The van der Waals surface area contributed by atoms with Crippen molar-refractivity contribution in [1.29, 1.82) is 0 Å². The van der Waals surface area contributed by atoms with Gasteiger partial charge < -0.3 is 10.4 Å². The minimum atomic E-state index is 0.131. The molecule has 0 aliphatic heterocycles. The Balaban J connectivity index is 1.96. The lowest BCUT2D eigenvalue weighted by atomic mass is 10.0. The number of benzene rings is 2. The van der Waals surface area contributed by atoms with Crippen LogP contribution in [-0.2, 0) is 0 Å². The Bertz CT molecular complexity index is 686. The molecule has 2 N–H and O–H groups in total. The van der Waals surface area contributed by atoms with E-state index in [-0.39, 0.29) is 6.61 Å². The molecule has 0 bridgehead atoms. The van der Waals surface area contributed by atoms with E-state index in [1.54, 1.807) is 0 Å². The molecule has 2 rings (SSSR count). The number of aliphatic hydroxyl groups is 1. The molecule has 0 aliphatic rings. The normalized spacial score (nSPS) is 12.3. The van der Waals surface area contributed by atoms with Crippen molar-refractivity contribution in [3.05, 3.63) is 77.9 Å². The van der Waals surface area contributed by atoms with Crippen molar-refractivity contribution in [2.45, 2.75) is 26.7 Å². The fourth-order valence-corrected chi connectivity index (χ4v) is 2.62. The van der Waals surface area contributed by atoms with E-state index < -0.39 is 0 Å². The van der Waals surface area contributed by atoms with Gasteiger partial charge in [0, 0.05) is 17.8 Å². The van der Waals surface area contributed by atoms with Crippen molar-refractivity contribution < 1.29 is 5.11 Å². The monoisotopic (exact) mass is 321 g/mol. The highest BCUT2D eigenvalue weighted by Crippen LogP contribution is 2.27. The molecule has 0 amide bonds. The van der Waals surface area contributed by atoms with Gasteiger partial charge in [0.15, 0.2) is 0 Å². The van der Waals surface area contributed by atoms with Crippen molar-refractivity contribution in [2.75, 3.05) is 18.5 Å². The highest BCUT2D eigenvalue weighted by molar-refractivity contribution is 5.77. The molecule has 0 radical (unpaired) electrons. The zero-order valence-corrected chi connectivity index (χ0v) is 14.6. The van der Waals surface area contributed by atoms with Crippen LogP contribution in [0.15, 0.2) is 77.9 Å². The Morgan fingerprint density at radius 3 is 2.38 bits per heavy atom. The van der Waals surface area contributed by atoms with E-state index in [9.17, 15) is 0 Å². The number of aliphatic hydroxyl groups excluding tert-OH is 1. The van der Waals surface area contributed by atoms with Gasteiger partial charge in [-0.3, -0.25) is 0 Å². The summed E-state index contributed by atoms with van der Waals surface area (Å²) in [7, 11) is 0. The number of hydrogen-bond donors (Lipinski definition) is 2. The number of para-hydroxylation sites is 1. The Morgan fingerprint density at radius 1 is 0.917 bits per heavy atom. The summed E-state index contributed by atoms with van der Waals surface area (Å²) in [6.45, 7) is 5.19. The lowest BCUT2D eigenvalue weighted by molar-refractivity contribution is 0.341. The number of rotatable bonds is 8. The molecule has 24 heavy (non-hydrogen) atoms. The van der Waals surface area contributed by atoms with Crippen LogP contribution in [-0.4, -0.2) is 18.3 Å². The highest BCUT2D eigenvalue weighted by Gasteiger charge is 2.03. The second-order valence-electron chi connectivity index (χ2n) is 6.09. The van der Waals surface area contributed by atoms with E-state index in [4.69, 9.17) is 5.11 Å². The van der Waals surface area contributed by atoms with E-state index in [2.05, 4.69) is 73.8 Å². The zero-order valence-electron chi connectivity index (χ0n) is 14.6. The van der Waals surface area contributed by atoms with Crippen LogP contribution in [0.2, 0.25) is 0 Å². The summed E-state index contributed by atoms with van der Waals surface area (Å²) in [5.74, 6) is 0. The first-order chi connectivity index (χ1) is 11.7. The minimum absolute atomic E-state index is 0.131. The molecule has 0 aliphatic carbocycles. The SMILES string of the molecule is C/C(=C\CO)CC/C=C(\C)CNc1ccccc1-c1ccccc1. The third-order valence-corrected chi connectivity index (χ3v) is 4.04. The van der Waals surface area contributed by atoms with Crippen LogP contribution >= 0.6 is 0 Å². The van der Waals surface area contributed by atoms with Gasteiger partial charge in [-0.2, -0.15) is 0 Å². The van der Waals surface area contributed by atoms with Gasteiger partial charge in [0.25, 0.3) is 0 Å². The third-order valence-electron chi connectivity index (χ3n) is 4.04. The molecular weight excluding hydrogens is 294 g/mol. The van der Waals surface area contributed by atoms with Crippen molar-refractivity contribution in [2.24, 2.45) is 0 Å². The standard InChI is InChI=1S/C22H27NO/c1-18(15-16-24)9-8-10-19(2)17-23-22-14-7-6-13-21(22)20-11-4-3-5-12-20/h3-7,10-15,23-24H,8-9,16-17H2,1-2H3/b18-15+,19-10+. The second-order valence-corrected chi connectivity index (χ2v) is 6.09. The lowest BCUT2D eigenvalue weighted by Gasteiger charge is -2.12. The number of nitrogens with one attached hydrogen (secondary N) is 1. The largest absolute Gasteiger partial charge is 0.392 e. The molecule has 2 heteroatoms. The number of hydrogen-bond acceptors (Lipinski definition) is 2. The van der Waals surface area contributed by atoms with Gasteiger partial charge in [-0.25, -0.2) is 0 Å². The Hall–Kier alpha value is -2.32. The van der Waals surface area contributed by atoms with Gasteiger partial charge in [-0.05, 0) is 38.3 Å². The van der Waals surface area contributed by atoms with E-state index in [1.807, 2.05) is 12.1 Å². The predicted octanol–water partition coefficient (Wildman–Crippen LogP) is 5.43. The average Bonchev–Trinajstić information content (AvgIpc) is 2.61. The predicted molar refractivity (Wildman–Crippen MR) is 104 cm³/mol. The maximum absolute atomic E-state index is 8.87. The number of anilines is 1. The molecule has 0 aromatic heterocycles. The van der Waals surface area contributed by atoms with Crippen molar-refractivity contribution in [3.63, 3.8) is 0 Å². The summed E-state index contributed by atoms with van der Waals surface area (Å²) < 4.78 is 0. The van der Waals surface area contributed by atoms with E-state index in [0.717, 1.165) is 25.1 Å². The molecule has 0 saturated heterocycles. The van der Waals surface area contributed by atoms with Crippen LogP contribution in [0.5, 0.6) is 0 Å². The summed E-state index contributed by atoms with van der Waals surface area (Å²) >= 11 is 0. The van der Waals surface area contributed by atoms with Gasteiger partial charge in [0.2, 0.25) is 0 Å². The van der Waals surface area contributed by atoms with Gasteiger partial charge in [-0.1, -0.05) is 71.8 Å². The van der Waals surface area contributed by atoms with Gasteiger partial charge >= 0.3 is 0 Å². The van der Waals surface area contributed by atoms with Crippen molar-refractivity contribution >= 4 is 5.69 Å². The Kier molecular flexibility index (Phi) is 7.31. The second kappa shape index (κ2) is 9.74. The molecule has 0 fully saturated rings. The molecule has 0 saturated carbocycles. The third kappa shape index (κ3) is 5.71. The Labute approximate surface area is 145 Å². The summed E-state index contributed by atoms with van der Waals surface area (Å²) in [4.78, 5) is 0. The minimum Gasteiger partial charge on any atom is -0.392 e. The van der Waals surface area contributed by atoms with Crippen LogP contribution < -0.4 is 5.32 Å². The maximum Gasteiger partial charge on any atom is 0.0614 e. The van der Waals surface area contributed by atoms with Crippen LogP contribution in [0.25, 0.3) is 11.1 Å². The molecular formula is C22H27NO. The van der Waals surface area contributed by atoms with Gasteiger partial charge in [-0.15, -0.1) is 0 Å².